The van der Waals surface area contributed by atoms with Gasteiger partial charge in [-0.1, -0.05) is 12.8 Å². The summed E-state index contributed by atoms with van der Waals surface area (Å²) in [5.74, 6) is 1.32. The minimum Gasteiger partial charge on any atom is -0.497 e. The second kappa shape index (κ2) is 5.09. The van der Waals surface area contributed by atoms with Crippen LogP contribution in [0.3, 0.4) is 0 Å². The number of aliphatic hydroxyl groups is 1. The molecule has 0 aliphatic heterocycles. The molecular formula is C15H22O2. The lowest BCUT2D eigenvalue weighted by Crippen LogP contribution is -2.12. The lowest BCUT2D eigenvalue weighted by Gasteiger charge is -2.22. The number of aliphatic hydroxyl groups excluding tert-OH is 1. The summed E-state index contributed by atoms with van der Waals surface area (Å²) in [6, 6.07) is 4.03. The minimum absolute atomic E-state index is 0.302. The van der Waals surface area contributed by atoms with Crippen molar-refractivity contribution in [1.29, 1.82) is 0 Å². The van der Waals surface area contributed by atoms with Crippen molar-refractivity contribution in [2.24, 2.45) is 5.92 Å². The van der Waals surface area contributed by atoms with Crippen molar-refractivity contribution in [3.8, 4) is 5.75 Å². The summed E-state index contributed by atoms with van der Waals surface area (Å²) >= 11 is 0. The van der Waals surface area contributed by atoms with E-state index in [4.69, 9.17) is 4.74 Å². The van der Waals surface area contributed by atoms with Gasteiger partial charge in [0.1, 0.15) is 5.75 Å². The molecule has 0 radical (unpaired) electrons. The summed E-state index contributed by atoms with van der Waals surface area (Å²) in [6.07, 6.45) is 4.54. The smallest absolute Gasteiger partial charge is 0.119 e. The fourth-order valence-electron chi connectivity index (χ4n) is 3.03. The predicted molar refractivity (Wildman–Crippen MR) is 69.4 cm³/mol. The number of aryl methyl sites for hydroxylation is 2. The van der Waals surface area contributed by atoms with E-state index >= 15 is 0 Å². The van der Waals surface area contributed by atoms with Crippen LogP contribution in [0.1, 0.15) is 48.5 Å². The van der Waals surface area contributed by atoms with Crippen LogP contribution in [0.25, 0.3) is 0 Å². The summed E-state index contributed by atoms with van der Waals surface area (Å²) < 4.78 is 5.25. The molecule has 94 valence electrons. The number of hydrogen-bond acceptors (Lipinski definition) is 2. The molecule has 0 aromatic heterocycles. The van der Waals surface area contributed by atoms with Crippen molar-refractivity contribution in [2.45, 2.75) is 45.6 Å². The van der Waals surface area contributed by atoms with E-state index in [1.165, 1.54) is 12.8 Å². The number of hydrogen-bond donors (Lipinski definition) is 1. The van der Waals surface area contributed by atoms with Crippen molar-refractivity contribution >= 4 is 0 Å². The average Bonchev–Trinajstić information content (AvgIpc) is 2.81. The highest BCUT2D eigenvalue weighted by Crippen LogP contribution is 2.38. The Morgan fingerprint density at radius 3 is 2.18 bits per heavy atom. The zero-order valence-electron chi connectivity index (χ0n) is 11.0. The minimum atomic E-state index is -0.302. The van der Waals surface area contributed by atoms with E-state index in [1.807, 2.05) is 12.1 Å². The van der Waals surface area contributed by atoms with E-state index in [1.54, 1.807) is 7.11 Å². The molecule has 1 aromatic rings. The molecule has 0 saturated heterocycles. The molecule has 1 fully saturated rings. The molecule has 1 unspecified atom stereocenters. The van der Waals surface area contributed by atoms with E-state index in [2.05, 4.69) is 13.8 Å². The van der Waals surface area contributed by atoms with E-state index in [-0.39, 0.29) is 6.10 Å². The third-order valence-corrected chi connectivity index (χ3v) is 3.95. The summed E-state index contributed by atoms with van der Waals surface area (Å²) in [6.45, 7) is 4.12. The Morgan fingerprint density at radius 2 is 1.71 bits per heavy atom. The first-order valence-electron chi connectivity index (χ1n) is 6.46. The lowest BCUT2D eigenvalue weighted by molar-refractivity contribution is 0.110. The predicted octanol–water partition coefficient (Wildman–Crippen LogP) is 3.54. The van der Waals surface area contributed by atoms with Crippen LogP contribution in [0.5, 0.6) is 5.75 Å². The maximum atomic E-state index is 10.5. The highest BCUT2D eigenvalue weighted by Gasteiger charge is 2.26. The first kappa shape index (κ1) is 12.4. The third kappa shape index (κ3) is 2.47. The fraction of sp³-hybridized carbons (Fsp3) is 0.600. The number of methoxy groups -OCH3 is 1. The average molecular weight is 234 g/mol. The normalized spacial score (nSPS) is 18.4. The van der Waals surface area contributed by atoms with Gasteiger partial charge in [0, 0.05) is 0 Å². The van der Waals surface area contributed by atoms with Gasteiger partial charge in [0.2, 0.25) is 0 Å². The Labute approximate surface area is 104 Å². The Balaban J connectivity index is 2.30. The molecule has 17 heavy (non-hydrogen) atoms. The van der Waals surface area contributed by atoms with Crippen LogP contribution >= 0.6 is 0 Å². The second-order valence-electron chi connectivity index (χ2n) is 5.16. The summed E-state index contributed by atoms with van der Waals surface area (Å²) in [7, 11) is 1.68. The monoisotopic (exact) mass is 234 g/mol. The van der Waals surface area contributed by atoms with Gasteiger partial charge in [-0.05, 0) is 61.4 Å². The van der Waals surface area contributed by atoms with Gasteiger partial charge >= 0.3 is 0 Å². The van der Waals surface area contributed by atoms with E-state index in [0.29, 0.717) is 5.92 Å². The topological polar surface area (TPSA) is 29.5 Å². The maximum Gasteiger partial charge on any atom is 0.119 e. The van der Waals surface area contributed by atoms with E-state index < -0.39 is 0 Å². The highest BCUT2D eigenvalue weighted by molar-refractivity contribution is 5.42. The zero-order chi connectivity index (χ0) is 12.4. The van der Waals surface area contributed by atoms with Crippen LogP contribution in [0.15, 0.2) is 12.1 Å². The van der Waals surface area contributed by atoms with Crippen LogP contribution < -0.4 is 4.74 Å². The summed E-state index contributed by atoms with van der Waals surface area (Å²) in [5.41, 5.74) is 3.39. The molecule has 0 heterocycles. The van der Waals surface area contributed by atoms with Gasteiger partial charge in [0.15, 0.2) is 0 Å². The van der Waals surface area contributed by atoms with Crippen LogP contribution in [0.2, 0.25) is 0 Å². The first-order valence-corrected chi connectivity index (χ1v) is 6.46. The van der Waals surface area contributed by atoms with Crippen LogP contribution in [0, 0.1) is 19.8 Å². The van der Waals surface area contributed by atoms with Gasteiger partial charge in [0.05, 0.1) is 13.2 Å². The zero-order valence-corrected chi connectivity index (χ0v) is 11.0. The van der Waals surface area contributed by atoms with Gasteiger partial charge in [0.25, 0.3) is 0 Å². The standard InChI is InChI=1S/C15H22O2/c1-10-8-13(17-3)9-11(2)14(10)15(16)12-6-4-5-7-12/h8-9,12,15-16H,4-7H2,1-3H3. The molecule has 1 saturated carbocycles. The molecule has 1 aliphatic rings. The second-order valence-corrected chi connectivity index (χ2v) is 5.16. The van der Waals surface area contributed by atoms with Gasteiger partial charge in [-0.3, -0.25) is 0 Å². The summed E-state index contributed by atoms with van der Waals surface area (Å²) in [4.78, 5) is 0. The lowest BCUT2D eigenvalue weighted by atomic mass is 9.88. The third-order valence-electron chi connectivity index (χ3n) is 3.95. The fourth-order valence-corrected chi connectivity index (χ4v) is 3.03. The molecule has 2 heteroatoms. The van der Waals surface area contributed by atoms with Crippen molar-refractivity contribution in [1.82, 2.24) is 0 Å². The SMILES string of the molecule is COc1cc(C)c(C(O)C2CCCC2)c(C)c1. The number of benzene rings is 1. The first-order chi connectivity index (χ1) is 8.13. The molecule has 1 N–H and O–H groups in total. The Kier molecular flexibility index (Phi) is 3.72. The number of ether oxygens (including phenoxy) is 1. The van der Waals surface area contributed by atoms with Crippen molar-refractivity contribution in [3.63, 3.8) is 0 Å². The van der Waals surface area contributed by atoms with Crippen molar-refractivity contribution < 1.29 is 9.84 Å². The van der Waals surface area contributed by atoms with Gasteiger partial charge in [-0.25, -0.2) is 0 Å². The summed E-state index contributed by atoms with van der Waals surface area (Å²) in [5, 5.41) is 10.5. The van der Waals surface area contributed by atoms with Crippen LogP contribution in [-0.4, -0.2) is 12.2 Å². The van der Waals surface area contributed by atoms with Gasteiger partial charge < -0.3 is 9.84 Å². The molecule has 0 amide bonds. The highest BCUT2D eigenvalue weighted by atomic mass is 16.5. The Hall–Kier alpha value is -1.02. The molecule has 1 aromatic carbocycles. The Bertz CT molecular complexity index is 369. The van der Waals surface area contributed by atoms with E-state index in [9.17, 15) is 5.11 Å². The Morgan fingerprint density at radius 1 is 1.18 bits per heavy atom. The maximum absolute atomic E-state index is 10.5. The molecule has 1 aliphatic carbocycles. The molecule has 1 atom stereocenters. The largest absolute Gasteiger partial charge is 0.497 e. The van der Waals surface area contributed by atoms with Gasteiger partial charge in [-0.2, -0.15) is 0 Å². The number of rotatable bonds is 3. The van der Waals surface area contributed by atoms with E-state index in [0.717, 1.165) is 35.3 Å². The molecule has 2 nitrogen and oxygen atoms in total. The van der Waals surface area contributed by atoms with Crippen molar-refractivity contribution in [2.75, 3.05) is 7.11 Å². The van der Waals surface area contributed by atoms with Crippen LogP contribution in [-0.2, 0) is 0 Å². The molecule has 0 spiro atoms. The molecular weight excluding hydrogens is 212 g/mol. The quantitative estimate of drug-likeness (QED) is 0.867. The molecule has 2 rings (SSSR count). The molecule has 0 bridgehead atoms. The van der Waals surface area contributed by atoms with Gasteiger partial charge in [-0.15, -0.1) is 0 Å². The van der Waals surface area contributed by atoms with Crippen LogP contribution in [0.4, 0.5) is 0 Å². The van der Waals surface area contributed by atoms with Crippen molar-refractivity contribution in [3.05, 3.63) is 28.8 Å².